The molecule has 6 heteroatoms. The number of hydrogen-bond acceptors (Lipinski definition) is 4. The maximum absolute atomic E-state index is 8.59. The van der Waals surface area contributed by atoms with Crippen molar-refractivity contribution in [2.45, 2.75) is 25.6 Å². The Kier molecular flexibility index (Phi) is 5.01. The summed E-state index contributed by atoms with van der Waals surface area (Å²) in [6.45, 7) is 1.83. The molecule has 0 amide bonds. The molecule has 1 aliphatic heterocycles. The summed E-state index contributed by atoms with van der Waals surface area (Å²) in [6, 6.07) is 5.21. The van der Waals surface area contributed by atoms with E-state index in [2.05, 4.69) is 5.16 Å². The summed E-state index contributed by atoms with van der Waals surface area (Å²) < 4.78 is 11.1. The van der Waals surface area contributed by atoms with Gasteiger partial charge in [0.2, 0.25) is 0 Å². The second kappa shape index (κ2) is 6.75. The number of nitrogens with zero attached hydrogens (tertiary/aromatic N) is 1. The Morgan fingerprint density at radius 2 is 2.42 bits per heavy atom. The molecule has 0 aliphatic carbocycles. The zero-order valence-electron chi connectivity index (χ0n) is 10.5. The van der Waals surface area contributed by atoms with Crippen molar-refractivity contribution >= 4 is 17.4 Å². The molecular weight excluding hydrogens is 268 g/mol. The van der Waals surface area contributed by atoms with E-state index in [9.17, 15) is 0 Å². The minimum absolute atomic E-state index is 0.0359. The van der Waals surface area contributed by atoms with E-state index in [1.807, 2.05) is 6.07 Å². The quantitative estimate of drug-likeness (QED) is 0.376. The smallest absolute Gasteiger partial charge is 0.170 e. The van der Waals surface area contributed by atoms with E-state index in [0.29, 0.717) is 23.8 Å². The van der Waals surface area contributed by atoms with Crippen LogP contribution in [0.4, 0.5) is 0 Å². The molecule has 3 N–H and O–H groups in total. The minimum Gasteiger partial charge on any atom is -0.409 e. The van der Waals surface area contributed by atoms with E-state index in [1.54, 1.807) is 12.1 Å². The fourth-order valence-electron chi connectivity index (χ4n) is 1.96. The average molecular weight is 285 g/mol. The fraction of sp³-hybridized carbons (Fsp3) is 0.462. The van der Waals surface area contributed by atoms with Gasteiger partial charge in [-0.15, -0.1) is 0 Å². The zero-order valence-corrected chi connectivity index (χ0v) is 11.3. The van der Waals surface area contributed by atoms with Crippen LogP contribution in [-0.4, -0.2) is 30.4 Å². The number of amidine groups is 1. The van der Waals surface area contributed by atoms with Crippen LogP contribution < -0.4 is 5.73 Å². The Hall–Kier alpha value is -1.30. The van der Waals surface area contributed by atoms with E-state index < -0.39 is 0 Å². The number of halogens is 1. The first-order chi connectivity index (χ1) is 9.20. The molecule has 5 nitrogen and oxygen atoms in total. The summed E-state index contributed by atoms with van der Waals surface area (Å²) in [7, 11) is 0. The lowest BCUT2D eigenvalue weighted by Gasteiger charge is -2.11. The SMILES string of the molecule is N/C(=N/O)c1ccc(COCC2CCCO2)c(Cl)c1. The summed E-state index contributed by atoms with van der Waals surface area (Å²) in [5.41, 5.74) is 6.94. The Labute approximate surface area is 116 Å². The molecule has 2 rings (SSSR count). The third-order valence-electron chi connectivity index (χ3n) is 3.04. The molecule has 0 aromatic heterocycles. The minimum atomic E-state index is 0.0359. The maximum atomic E-state index is 8.59. The first-order valence-electron chi connectivity index (χ1n) is 6.16. The molecular formula is C13H17ClN2O3. The van der Waals surface area contributed by atoms with Crippen molar-refractivity contribution in [1.82, 2.24) is 0 Å². The monoisotopic (exact) mass is 284 g/mol. The van der Waals surface area contributed by atoms with Crippen LogP contribution in [0, 0.1) is 0 Å². The van der Waals surface area contributed by atoms with Gasteiger partial charge in [0.25, 0.3) is 0 Å². The number of nitrogens with two attached hydrogens (primary N) is 1. The van der Waals surface area contributed by atoms with Crippen LogP contribution in [0.5, 0.6) is 0 Å². The van der Waals surface area contributed by atoms with Gasteiger partial charge in [0.05, 0.1) is 19.3 Å². The topological polar surface area (TPSA) is 77.1 Å². The lowest BCUT2D eigenvalue weighted by atomic mass is 10.1. The molecule has 1 atom stereocenters. The Morgan fingerprint density at radius 3 is 3.05 bits per heavy atom. The van der Waals surface area contributed by atoms with Gasteiger partial charge in [0.15, 0.2) is 5.84 Å². The van der Waals surface area contributed by atoms with E-state index in [1.165, 1.54) is 0 Å². The predicted molar refractivity (Wildman–Crippen MR) is 72.6 cm³/mol. The normalized spacial score (nSPS) is 19.8. The number of ether oxygens (including phenoxy) is 2. The summed E-state index contributed by atoms with van der Waals surface area (Å²) >= 11 is 6.12. The van der Waals surface area contributed by atoms with Gasteiger partial charge >= 0.3 is 0 Å². The summed E-state index contributed by atoms with van der Waals surface area (Å²) in [5.74, 6) is 0.0359. The first kappa shape index (κ1) is 14.1. The van der Waals surface area contributed by atoms with Crippen LogP contribution in [0.3, 0.4) is 0 Å². The highest BCUT2D eigenvalue weighted by atomic mass is 35.5. The molecule has 1 aromatic rings. The maximum Gasteiger partial charge on any atom is 0.170 e. The second-order valence-corrected chi connectivity index (χ2v) is 4.85. The highest BCUT2D eigenvalue weighted by Gasteiger charge is 2.15. The first-order valence-corrected chi connectivity index (χ1v) is 6.54. The number of rotatable bonds is 5. The Balaban J connectivity index is 1.89. The summed E-state index contributed by atoms with van der Waals surface area (Å²) in [6.07, 6.45) is 2.36. The van der Waals surface area contributed by atoms with Crippen LogP contribution in [0.25, 0.3) is 0 Å². The summed E-state index contributed by atoms with van der Waals surface area (Å²) in [5, 5.41) is 12.1. The van der Waals surface area contributed by atoms with Crippen molar-refractivity contribution in [1.29, 1.82) is 0 Å². The molecule has 0 radical (unpaired) electrons. The van der Waals surface area contributed by atoms with Gasteiger partial charge in [-0.25, -0.2) is 0 Å². The van der Waals surface area contributed by atoms with E-state index in [4.69, 9.17) is 32.0 Å². The zero-order chi connectivity index (χ0) is 13.7. The third-order valence-corrected chi connectivity index (χ3v) is 3.39. The van der Waals surface area contributed by atoms with Crippen LogP contribution >= 0.6 is 11.6 Å². The van der Waals surface area contributed by atoms with Crippen molar-refractivity contribution in [2.75, 3.05) is 13.2 Å². The van der Waals surface area contributed by atoms with Crippen LogP contribution in [0.15, 0.2) is 23.4 Å². The van der Waals surface area contributed by atoms with E-state index in [0.717, 1.165) is 25.0 Å². The second-order valence-electron chi connectivity index (χ2n) is 4.44. The van der Waals surface area contributed by atoms with Crippen molar-refractivity contribution in [3.05, 3.63) is 34.3 Å². The van der Waals surface area contributed by atoms with Gasteiger partial charge in [-0.3, -0.25) is 0 Å². The number of hydrogen-bond donors (Lipinski definition) is 2. The number of benzene rings is 1. The number of oxime groups is 1. The van der Waals surface area contributed by atoms with Crippen LogP contribution in [0.2, 0.25) is 5.02 Å². The van der Waals surface area contributed by atoms with Crippen molar-refractivity contribution in [3.8, 4) is 0 Å². The molecule has 0 bridgehead atoms. The molecule has 1 saturated heterocycles. The van der Waals surface area contributed by atoms with Gasteiger partial charge in [-0.05, 0) is 24.5 Å². The molecule has 1 aliphatic rings. The van der Waals surface area contributed by atoms with Gasteiger partial charge in [-0.2, -0.15) is 0 Å². The van der Waals surface area contributed by atoms with Crippen molar-refractivity contribution < 1.29 is 14.7 Å². The van der Waals surface area contributed by atoms with E-state index >= 15 is 0 Å². The Morgan fingerprint density at radius 1 is 1.58 bits per heavy atom. The molecule has 0 saturated carbocycles. The fourth-order valence-corrected chi connectivity index (χ4v) is 2.19. The lowest BCUT2D eigenvalue weighted by molar-refractivity contribution is 0.0106. The van der Waals surface area contributed by atoms with Gasteiger partial charge in [-0.1, -0.05) is 28.9 Å². The van der Waals surface area contributed by atoms with Crippen molar-refractivity contribution in [3.63, 3.8) is 0 Å². The Bertz CT molecular complexity index is 459. The molecule has 0 spiro atoms. The highest BCUT2D eigenvalue weighted by Crippen LogP contribution is 2.20. The molecule has 1 aromatic carbocycles. The van der Waals surface area contributed by atoms with E-state index in [-0.39, 0.29) is 11.9 Å². The van der Waals surface area contributed by atoms with Gasteiger partial charge in [0, 0.05) is 17.2 Å². The molecule has 1 heterocycles. The highest BCUT2D eigenvalue weighted by molar-refractivity contribution is 6.31. The van der Waals surface area contributed by atoms with Crippen LogP contribution in [0.1, 0.15) is 24.0 Å². The summed E-state index contributed by atoms with van der Waals surface area (Å²) in [4.78, 5) is 0. The van der Waals surface area contributed by atoms with Gasteiger partial charge < -0.3 is 20.4 Å². The predicted octanol–water partition coefficient (Wildman–Crippen LogP) is 2.13. The standard InChI is InChI=1S/C13H17ClN2O3/c14-12-6-9(13(15)16-17)3-4-10(12)7-18-8-11-2-1-5-19-11/h3-4,6,11,17H,1-2,5,7-8H2,(H2,15,16). The molecule has 19 heavy (non-hydrogen) atoms. The molecule has 1 unspecified atom stereocenters. The van der Waals surface area contributed by atoms with Crippen molar-refractivity contribution in [2.24, 2.45) is 10.9 Å². The lowest BCUT2D eigenvalue weighted by Crippen LogP contribution is -2.14. The molecule has 1 fully saturated rings. The van der Waals surface area contributed by atoms with Crippen LogP contribution in [-0.2, 0) is 16.1 Å². The average Bonchev–Trinajstić information content (AvgIpc) is 2.93. The third kappa shape index (κ3) is 3.83. The van der Waals surface area contributed by atoms with Gasteiger partial charge in [0.1, 0.15) is 0 Å². The molecule has 104 valence electrons. The largest absolute Gasteiger partial charge is 0.409 e.